The fourth-order valence-electron chi connectivity index (χ4n) is 4.08. The van der Waals surface area contributed by atoms with E-state index in [2.05, 4.69) is 20.5 Å². The van der Waals surface area contributed by atoms with Gasteiger partial charge in [0.1, 0.15) is 12.3 Å². The molecule has 5 rings (SSSR count). The molecular weight excluding hydrogens is 499 g/mol. The Morgan fingerprint density at radius 3 is 2.64 bits per heavy atom. The van der Waals surface area contributed by atoms with E-state index in [0.29, 0.717) is 27.9 Å². The predicted octanol–water partition coefficient (Wildman–Crippen LogP) is 5.61. The lowest BCUT2D eigenvalue weighted by molar-refractivity contribution is -0.116. The normalized spacial score (nSPS) is 11.1. The van der Waals surface area contributed by atoms with E-state index in [1.54, 1.807) is 47.2 Å². The number of anilines is 1. The Morgan fingerprint density at radius 2 is 1.89 bits per heavy atom. The number of methoxy groups -OCH3 is 1. The number of rotatable bonds is 7. The molecule has 3 aromatic heterocycles. The minimum absolute atomic E-state index is 0.0153. The Kier molecular flexibility index (Phi) is 6.63. The number of nitrogens with zero attached hydrogens (tertiary/aromatic N) is 5. The minimum Gasteiger partial charge on any atom is -0.497 e. The molecule has 1 N–H and O–H groups in total. The molecule has 1 amide bonds. The summed E-state index contributed by atoms with van der Waals surface area (Å²) in [6, 6.07) is 15.2. The van der Waals surface area contributed by atoms with Crippen LogP contribution in [-0.4, -0.2) is 37.6 Å². The van der Waals surface area contributed by atoms with Gasteiger partial charge in [0.2, 0.25) is 5.91 Å². The average molecular weight is 521 g/mol. The van der Waals surface area contributed by atoms with Crippen LogP contribution in [0.5, 0.6) is 5.75 Å². The van der Waals surface area contributed by atoms with Gasteiger partial charge in [0.25, 0.3) is 0 Å². The second-order valence-electron chi connectivity index (χ2n) is 8.25. The SMILES string of the molecule is COc1ccc(-c2ccnc3c2c(C)nn3CC(=O)Nc2cnn(Cc3ccc(Cl)c(Cl)c3)c2)cc1. The molecule has 0 atom stereocenters. The van der Waals surface area contributed by atoms with Gasteiger partial charge < -0.3 is 10.1 Å². The highest BCUT2D eigenvalue weighted by atomic mass is 35.5. The lowest BCUT2D eigenvalue weighted by Gasteiger charge is -2.07. The van der Waals surface area contributed by atoms with Gasteiger partial charge in [-0.05, 0) is 53.9 Å². The van der Waals surface area contributed by atoms with E-state index < -0.39 is 0 Å². The highest BCUT2D eigenvalue weighted by Gasteiger charge is 2.16. The Hall–Kier alpha value is -3.88. The zero-order valence-corrected chi connectivity index (χ0v) is 21.1. The topological polar surface area (TPSA) is 86.9 Å². The quantitative estimate of drug-likeness (QED) is 0.301. The first-order valence-electron chi connectivity index (χ1n) is 11.1. The number of pyridine rings is 1. The largest absolute Gasteiger partial charge is 0.497 e. The fraction of sp³-hybridized carbons (Fsp3) is 0.154. The number of carbonyl (C=O) groups is 1. The number of ether oxygens (including phenoxy) is 1. The minimum atomic E-state index is -0.231. The number of halogens is 2. The molecule has 0 fully saturated rings. The van der Waals surface area contributed by atoms with Crippen molar-refractivity contribution in [2.45, 2.75) is 20.0 Å². The van der Waals surface area contributed by atoms with Crippen molar-refractivity contribution in [3.05, 3.63) is 88.4 Å². The molecule has 0 radical (unpaired) electrons. The number of benzene rings is 2. The molecule has 2 aromatic carbocycles. The van der Waals surface area contributed by atoms with Crippen LogP contribution in [0.25, 0.3) is 22.2 Å². The van der Waals surface area contributed by atoms with Gasteiger partial charge in [0.15, 0.2) is 5.65 Å². The summed E-state index contributed by atoms with van der Waals surface area (Å²) < 4.78 is 8.60. The molecule has 0 aliphatic carbocycles. The molecule has 8 nitrogen and oxygen atoms in total. The van der Waals surface area contributed by atoms with Crippen LogP contribution in [0.15, 0.2) is 67.1 Å². The summed E-state index contributed by atoms with van der Waals surface area (Å²) in [5.41, 5.74) is 4.99. The molecule has 0 unspecified atom stereocenters. The molecule has 182 valence electrons. The first kappa shape index (κ1) is 23.8. The van der Waals surface area contributed by atoms with Gasteiger partial charge in [-0.3, -0.25) is 9.48 Å². The molecule has 0 aliphatic rings. The zero-order valence-electron chi connectivity index (χ0n) is 19.6. The lowest BCUT2D eigenvalue weighted by Crippen LogP contribution is -2.19. The van der Waals surface area contributed by atoms with Gasteiger partial charge in [0.05, 0.1) is 41.3 Å². The number of aromatic nitrogens is 5. The third-order valence-electron chi connectivity index (χ3n) is 5.75. The highest BCUT2D eigenvalue weighted by Crippen LogP contribution is 2.31. The van der Waals surface area contributed by atoms with Crippen LogP contribution in [0, 0.1) is 6.92 Å². The number of fused-ring (bicyclic) bond motifs is 1. The smallest absolute Gasteiger partial charge is 0.246 e. The van der Waals surface area contributed by atoms with Crippen molar-refractivity contribution >= 4 is 45.8 Å². The molecule has 36 heavy (non-hydrogen) atoms. The van der Waals surface area contributed by atoms with Crippen molar-refractivity contribution in [2.24, 2.45) is 0 Å². The van der Waals surface area contributed by atoms with Crippen molar-refractivity contribution in [1.82, 2.24) is 24.5 Å². The van der Waals surface area contributed by atoms with Crippen molar-refractivity contribution in [1.29, 1.82) is 0 Å². The van der Waals surface area contributed by atoms with E-state index in [0.717, 1.165) is 33.5 Å². The van der Waals surface area contributed by atoms with Crippen LogP contribution in [-0.2, 0) is 17.9 Å². The summed E-state index contributed by atoms with van der Waals surface area (Å²) >= 11 is 12.1. The van der Waals surface area contributed by atoms with E-state index in [1.165, 1.54) is 0 Å². The maximum Gasteiger partial charge on any atom is 0.246 e. The van der Waals surface area contributed by atoms with E-state index >= 15 is 0 Å². The Labute approximate surface area is 217 Å². The third kappa shape index (κ3) is 4.91. The second-order valence-corrected chi connectivity index (χ2v) is 9.07. The van der Waals surface area contributed by atoms with Crippen LogP contribution >= 0.6 is 23.2 Å². The fourth-order valence-corrected chi connectivity index (χ4v) is 4.40. The molecule has 0 saturated carbocycles. The number of hydrogen-bond acceptors (Lipinski definition) is 5. The van der Waals surface area contributed by atoms with E-state index in [4.69, 9.17) is 27.9 Å². The molecule has 0 spiro atoms. The van der Waals surface area contributed by atoms with Crippen molar-refractivity contribution in [2.75, 3.05) is 12.4 Å². The Balaban J connectivity index is 1.32. The maximum atomic E-state index is 12.8. The number of aryl methyl sites for hydroxylation is 1. The van der Waals surface area contributed by atoms with Crippen molar-refractivity contribution in [3.63, 3.8) is 0 Å². The van der Waals surface area contributed by atoms with Crippen LogP contribution in [0.4, 0.5) is 5.69 Å². The highest BCUT2D eigenvalue weighted by molar-refractivity contribution is 6.42. The molecule has 0 saturated heterocycles. The van der Waals surface area contributed by atoms with Crippen LogP contribution < -0.4 is 10.1 Å². The van der Waals surface area contributed by atoms with Gasteiger partial charge in [0, 0.05) is 17.8 Å². The molecule has 0 aliphatic heterocycles. The van der Waals surface area contributed by atoms with Crippen LogP contribution in [0.1, 0.15) is 11.3 Å². The summed E-state index contributed by atoms with van der Waals surface area (Å²) in [6.45, 7) is 2.42. The average Bonchev–Trinajstić information content (AvgIpc) is 3.44. The van der Waals surface area contributed by atoms with Gasteiger partial charge in [-0.1, -0.05) is 41.4 Å². The molecule has 10 heteroatoms. The zero-order chi connectivity index (χ0) is 25.2. The molecule has 3 heterocycles. The maximum absolute atomic E-state index is 12.8. The summed E-state index contributed by atoms with van der Waals surface area (Å²) in [4.78, 5) is 17.3. The summed E-state index contributed by atoms with van der Waals surface area (Å²) in [5.74, 6) is 0.554. The number of hydrogen-bond donors (Lipinski definition) is 1. The lowest BCUT2D eigenvalue weighted by atomic mass is 10.0. The first-order chi connectivity index (χ1) is 17.4. The van der Waals surface area contributed by atoms with Crippen molar-refractivity contribution in [3.8, 4) is 16.9 Å². The van der Waals surface area contributed by atoms with Gasteiger partial charge in [-0.15, -0.1) is 0 Å². The van der Waals surface area contributed by atoms with E-state index in [-0.39, 0.29) is 12.5 Å². The number of nitrogens with one attached hydrogen (secondary N) is 1. The number of carbonyl (C=O) groups excluding carboxylic acids is 1. The van der Waals surface area contributed by atoms with Crippen LogP contribution in [0.3, 0.4) is 0 Å². The molecular formula is C26H22Cl2N6O2. The summed E-state index contributed by atoms with van der Waals surface area (Å²) in [6.07, 6.45) is 5.08. The standard InChI is InChI=1S/C26H22Cl2N6O2/c1-16-25-21(18-4-6-20(36-2)7-5-18)9-10-29-26(25)34(32-16)15-24(35)31-19-12-30-33(14-19)13-17-3-8-22(27)23(28)11-17/h3-12,14H,13,15H2,1-2H3,(H,31,35). The van der Waals surface area contributed by atoms with Crippen molar-refractivity contribution < 1.29 is 9.53 Å². The summed E-state index contributed by atoms with van der Waals surface area (Å²) in [5, 5.41) is 13.7. The van der Waals surface area contributed by atoms with Crippen LogP contribution in [0.2, 0.25) is 10.0 Å². The monoisotopic (exact) mass is 520 g/mol. The Bertz CT molecular complexity index is 1560. The predicted molar refractivity (Wildman–Crippen MR) is 141 cm³/mol. The van der Waals surface area contributed by atoms with E-state index in [9.17, 15) is 4.79 Å². The second kappa shape index (κ2) is 10.0. The van der Waals surface area contributed by atoms with Gasteiger partial charge in [-0.2, -0.15) is 10.2 Å². The van der Waals surface area contributed by atoms with Gasteiger partial charge in [-0.25, -0.2) is 9.67 Å². The molecule has 5 aromatic rings. The molecule has 0 bridgehead atoms. The third-order valence-corrected chi connectivity index (χ3v) is 6.49. The number of amides is 1. The van der Waals surface area contributed by atoms with Gasteiger partial charge >= 0.3 is 0 Å². The first-order valence-corrected chi connectivity index (χ1v) is 11.9. The summed E-state index contributed by atoms with van der Waals surface area (Å²) in [7, 11) is 1.64. The van der Waals surface area contributed by atoms with E-state index in [1.807, 2.05) is 43.3 Å². The Morgan fingerprint density at radius 1 is 1.08 bits per heavy atom.